The number of pyridine rings is 1. The van der Waals surface area contributed by atoms with Crippen LogP contribution in [0.25, 0.3) is 10.9 Å². The van der Waals surface area contributed by atoms with Crippen molar-refractivity contribution in [2.75, 3.05) is 0 Å². The van der Waals surface area contributed by atoms with Crippen molar-refractivity contribution in [1.82, 2.24) is 10.3 Å². The third kappa shape index (κ3) is 4.30. The van der Waals surface area contributed by atoms with E-state index < -0.39 is 5.82 Å². The zero-order chi connectivity index (χ0) is 21.1. The van der Waals surface area contributed by atoms with E-state index in [1.165, 1.54) is 18.2 Å². The van der Waals surface area contributed by atoms with Crippen molar-refractivity contribution in [1.29, 1.82) is 0 Å². The molecule has 1 amide bonds. The number of aryl methyl sites for hydroxylation is 2. The van der Waals surface area contributed by atoms with Crippen LogP contribution in [0.3, 0.4) is 0 Å². The van der Waals surface area contributed by atoms with Crippen molar-refractivity contribution >= 4 is 16.8 Å². The van der Waals surface area contributed by atoms with Gasteiger partial charge in [0.2, 0.25) is 0 Å². The molecule has 1 heterocycles. The fourth-order valence-corrected chi connectivity index (χ4v) is 3.29. The predicted molar refractivity (Wildman–Crippen MR) is 115 cm³/mol. The van der Waals surface area contributed by atoms with Gasteiger partial charge < -0.3 is 10.1 Å². The van der Waals surface area contributed by atoms with Gasteiger partial charge in [0.1, 0.15) is 17.3 Å². The average molecular weight is 400 g/mol. The average Bonchev–Trinajstić information content (AvgIpc) is 2.72. The molecule has 0 aliphatic rings. The number of rotatable bonds is 5. The van der Waals surface area contributed by atoms with Gasteiger partial charge in [0.05, 0.1) is 5.52 Å². The Morgan fingerprint density at radius 2 is 1.87 bits per heavy atom. The molecule has 0 saturated carbocycles. The fourth-order valence-electron chi connectivity index (χ4n) is 3.29. The van der Waals surface area contributed by atoms with Gasteiger partial charge in [-0.2, -0.15) is 0 Å². The fraction of sp³-hybridized carbons (Fsp3) is 0.120. The van der Waals surface area contributed by atoms with E-state index in [1.807, 2.05) is 56.3 Å². The second-order valence-electron chi connectivity index (χ2n) is 7.22. The van der Waals surface area contributed by atoms with Crippen LogP contribution in [0.15, 0.2) is 72.9 Å². The minimum Gasteiger partial charge on any atom is -0.456 e. The SMILES string of the molecule is Cc1ccc2c(Oc3cc(F)cc(C(=O)NCc4ccccc4C)c3)ccnc2c1. The summed E-state index contributed by atoms with van der Waals surface area (Å²) < 4.78 is 20.1. The molecule has 0 unspecified atom stereocenters. The first kappa shape index (κ1) is 19.6. The Kier molecular flexibility index (Phi) is 5.44. The molecule has 0 fully saturated rings. The number of amides is 1. The maximum atomic E-state index is 14.2. The molecular weight excluding hydrogens is 379 g/mol. The van der Waals surface area contributed by atoms with Crippen molar-refractivity contribution in [3.8, 4) is 11.5 Å². The largest absolute Gasteiger partial charge is 0.456 e. The van der Waals surface area contributed by atoms with Crippen molar-refractivity contribution in [3.05, 3.63) is 101 Å². The van der Waals surface area contributed by atoms with Crippen LogP contribution < -0.4 is 10.1 Å². The molecule has 1 N–H and O–H groups in total. The first-order valence-corrected chi connectivity index (χ1v) is 9.66. The Morgan fingerprint density at radius 1 is 1.03 bits per heavy atom. The molecule has 150 valence electrons. The van der Waals surface area contributed by atoms with E-state index in [4.69, 9.17) is 4.74 Å². The van der Waals surface area contributed by atoms with Gasteiger partial charge in [-0.15, -0.1) is 0 Å². The molecule has 0 bridgehead atoms. The number of halogens is 1. The lowest BCUT2D eigenvalue weighted by Gasteiger charge is -2.11. The predicted octanol–water partition coefficient (Wildman–Crippen LogP) is 5.71. The van der Waals surface area contributed by atoms with Gasteiger partial charge >= 0.3 is 0 Å². The number of fused-ring (bicyclic) bond motifs is 1. The minimum absolute atomic E-state index is 0.202. The number of carbonyl (C=O) groups excluding carboxylic acids is 1. The Labute approximate surface area is 174 Å². The van der Waals surface area contributed by atoms with Gasteiger partial charge in [-0.25, -0.2) is 4.39 Å². The van der Waals surface area contributed by atoms with E-state index in [2.05, 4.69) is 10.3 Å². The molecule has 4 rings (SSSR count). The summed E-state index contributed by atoms with van der Waals surface area (Å²) in [5, 5.41) is 3.66. The number of nitrogens with one attached hydrogen (secondary N) is 1. The first-order chi connectivity index (χ1) is 14.5. The molecule has 0 radical (unpaired) electrons. The number of benzene rings is 3. The molecule has 5 heteroatoms. The Hall–Kier alpha value is -3.73. The van der Waals surface area contributed by atoms with Crippen molar-refractivity contribution in [2.24, 2.45) is 0 Å². The Balaban J connectivity index is 1.56. The van der Waals surface area contributed by atoms with Crippen LogP contribution in [-0.2, 0) is 6.54 Å². The third-order valence-corrected chi connectivity index (χ3v) is 4.92. The minimum atomic E-state index is -0.539. The highest BCUT2D eigenvalue weighted by molar-refractivity contribution is 5.94. The lowest BCUT2D eigenvalue weighted by atomic mass is 10.1. The highest BCUT2D eigenvalue weighted by Crippen LogP contribution is 2.30. The summed E-state index contributed by atoms with van der Waals surface area (Å²) >= 11 is 0. The quantitative estimate of drug-likeness (QED) is 0.467. The molecule has 4 nitrogen and oxygen atoms in total. The summed E-state index contributed by atoms with van der Waals surface area (Å²) in [4.78, 5) is 16.9. The zero-order valence-corrected chi connectivity index (χ0v) is 16.8. The van der Waals surface area contributed by atoms with Crippen LogP contribution in [0.1, 0.15) is 27.0 Å². The van der Waals surface area contributed by atoms with Crippen LogP contribution in [0.5, 0.6) is 11.5 Å². The van der Waals surface area contributed by atoms with Gasteiger partial charge in [-0.1, -0.05) is 30.3 Å². The molecule has 0 saturated heterocycles. The van der Waals surface area contributed by atoms with Gasteiger partial charge in [0.15, 0.2) is 0 Å². The Morgan fingerprint density at radius 3 is 2.70 bits per heavy atom. The number of hydrogen-bond donors (Lipinski definition) is 1. The maximum absolute atomic E-state index is 14.2. The van der Waals surface area contributed by atoms with Crippen molar-refractivity contribution in [3.63, 3.8) is 0 Å². The van der Waals surface area contributed by atoms with E-state index in [0.29, 0.717) is 12.3 Å². The van der Waals surface area contributed by atoms with Crippen LogP contribution in [0.2, 0.25) is 0 Å². The van der Waals surface area contributed by atoms with Gasteiger partial charge in [-0.3, -0.25) is 9.78 Å². The second-order valence-corrected chi connectivity index (χ2v) is 7.22. The van der Waals surface area contributed by atoms with Crippen LogP contribution in [0.4, 0.5) is 4.39 Å². The first-order valence-electron chi connectivity index (χ1n) is 9.66. The monoisotopic (exact) mass is 400 g/mol. The van der Waals surface area contributed by atoms with E-state index >= 15 is 0 Å². The van der Waals surface area contributed by atoms with E-state index in [1.54, 1.807) is 12.3 Å². The van der Waals surface area contributed by atoms with Gasteiger partial charge in [-0.05, 0) is 60.9 Å². The van der Waals surface area contributed by atoms with Crippen LogP contribution in [-0.4, -0.2) is 10.9 Å². The maximum Gasteiger partial charge on any atom is 0.251 e. The number of carbonyl (C=O) groups is 1. The number of aromatic nitrogens is 1. The zero-order valence-electron chi connectivity index (χ0n) is 16.8. The molecular formula is C25H21FN2O2. The summed E-state index contributed by atoms with van der Waals surface area (Å²) in [5.41, 5.74) is 4.18. The molecule has 1 aromatic heterocycles. The highest BCUT2D eigenvalue weighted by atomic mass is 19.1. The molecule has 0 aliphatic carbocycles. The number of ether oxygens (including phenoxy) is 1. The summed E-state index contributed by atoms with van der Waals surface area (Å²) in [7, 11) is 0. The molecule has 0 atom stereocenters. The van der Waals surface area contributed by atoms with Gasteiger partial charge in [0, 0.05) is 29.8 Å². The van der Waals surface area contributed by atoms with Crippen LogP contribution >= 0.6 is 0 Å². The van der Waals surface area contributed by atoms with E-state index in [9.17, 15) is 9.18 Å². The van der Waals surface area contributed by atoms with Crippen molar-refractivity contribution < 1.29 is 13.9 Å². The Bertz CT molecular complexity index is 1240. The van der Waals surface area contributed by atoms with Crippen molar-refractivity contribution in [2.45, 2.75) is 20.4 Å². The topological polar surface area (TPSA) is 51.2 Å². The summed E-state index contributed by atoms with van der Waals surface area (Å²) in [6, 6.07) is 19.4. The van der Waals surface area contributed by atoms with Crippen LogP contribution in [0, 0.1) is 19.7 Å². The molecule has 3 aromatic carbocycles. The molecule has 0 spiro atoms. The second kappa shape index (κ2) is 8.33. The standard InChI is InChI=1S/C25H21FN2O2/c1-16-7-8-22-23(11-16)27-10-9-24(22)30-21-13-19(12-20(26)14-21)25(29)28-15-18-6-4-3-5-17(18)2/h3-14H,15H2,1-2H3,(H,28,29). The number of hydrogen-bond acceptors (Lipinski definition) is 3. The number of nitrogens with zero attached hydrogens (tertiary/aromatic N) is 1. The third-order valence-electron chi connectivity index (χ3n) is 4.92. The normalized spacial score (nSPS) is 10.8. The van der Waals surface area contributed by atoms with Gasteiger partial charge in [0.25, 0.3) is 5.91 Å². The lowest BCUT2D eigenvalue weighted by molar-refractivity contribution is 0.0950. The smallest absolute Gasteiger partial charge is 0.251 e. The summed E-state index contributed by atoms with van der Waals surface area (Å²) in [6.07, 6.45) is 1.65. The summed E-state index contributed by atoms with van der Waals surface area (Å²) in [5.74, 6) is -0.0958. The molecule has 0 aliphatic heterocycles. The summed E-state index contributed by atoms with van der Waals surface area (Å²) in [6.45, 7) is 4.34. The molecule has 30 heavy (non-hydrogen) atoms. The molecule has 4 aromatic rings. The van der Waals surface area contributed by atoms with E-state index in [-0.39, 0.29) is 17.2 Å². The van der Waals surface area contributed by atoms with E-state index in [0.717, 1.165) is 27.6 Å². The highest BCUT2D eigenvalue weighted by Gasteiger charge is 2.12. The lowest BCUT2D eigenvalue weighted by Crippen LogP contribution is -2.23.